The Bertz CT molecular complexity index is 3610. The number of ether oxygens (including phenoxy) is 1. The molecule has 14 rings (SSSR count). The van der Waals surface area contributed by atoms with Gasteiger partial charge in [-0.15, -0.1) is 0 Å². The molecule has 310 valence electrons. The Kier molecular flexibility index (Phi) is 7.70. The van der Waals surface area contributed by atoms with Gasteiger partial charge in [0.1, 0.15) is 11.5 Å². The van der Waals surface area contributed by atoms with E-state index in [0.29, 0.717) is 0 Å². The lowest BCUT2D eigenvalue weighted by molar-refractivity contribution is 0.489. The number of nitrogens with zero attached hydrogens (tertiary/aromatic N) is 1. The molecule has 0 saturated carbocycles. The fourth-order valence-corrected chi connectivity index (χ4v) is 12.2. The number of benzene rings is 10. The minimum absolute atomic E-state index is 0.174. The minimum Gasteiger partial charge on any atom is -0.455 e. The first-order valence-corrected chi connectivity index (χ1v) is 23.1. The van der Waals surface area contributed by atoms with Crippen LogP contribution in [0.4, 0.5) is 17.1 Å². The molecule has 0 N–H and O–H groups in total. The molecule has 0 radical (unpaired) electrons. The first-order valence-electron chi connectivity index (χ1n) is 23.1. The van der Waals surface area contributed by atoms with Crippen LogP contribution in [0, 0.1) is 0 Å². The highest BCUT2D eigenvalue weighted by Gasteiger charge is 2.51. The van der Waals surface area contributed by atoms with Crippen LogP contribution in [0.25, 0.3) is 66.8 Å². The van der Waals surface area contributed by atoms with Crippen molar-refractivity contribution >= 4 is 17.1 Å². The Morgan fingerprint density at radius 2 is 0.712 bits per heavy atom. The smallest absolute Gasteiger partial charge is 0.143 e. The molecular weight excluding hydrogens is 799 g/mol. The van der Waals surface area contributed by atoms with Gasteiger partial charge < -0.3 is 9.64 Å². The van der Waals surface area contributed by atoms with Gasteiger partial charge in [-0.1, -0.05) is 196 Å². The lowest BCUT2D eigenvalue weighted by Crippen LogP contribution is -2.26. The van der Waals surface area contributed by atoms with Gasteiger partial charge in [0.2, 0.25) is 0 Å². The second-order valence-corrected chi connectivity index (χ2v) is 18.7. The van der Waals surface area contributed by atoms with Crippen molar-refractivity contribution in [3.05, 3.63) is 258 Å². The van der Waals surface area contributed by atoms with Crippen LogP contribution in [-0.4, -0.2) is 0 Å². The van der Waals surface area contributed by atoms with E-state index in [1.54, 1.807) is 0 Å². The quantitative estimate of drug-likeness (QED) is 0.175. The van der Waals surface area contributed by atoms with Crippen LogP contribution in [0.5, 0.6) is 11.5 Å². The summed E-state index contributed by atoms with van der Waals surface area (Å²) in [6, 6.07) is 83.1. The number of anilines is 3. The number of para-hydroxylation sites is 1. The van der Waals surface area contributed by atoms with Crippen LogP contribution < -0.4 is 9.64 Å². The third-order valence-electron chi connectivity index (χ3n) is 15.1. The van der Waals surface area contributed by atoms with Crippen molar-refractivity contribution in [2.75, 3.05) is 4.90 Å². The van der Waals surface area contributed by atoms with Gasteiger partial charge in [-0.2, -0.15) is 0 Å². The van der Waals surface area contributed by atoms with Crippen LogP contribution >= 0.6 is 0 Å². The summed E-state index contributed by atoms with van der Waals surface area (Å²) < 4.78 is 7.33. The molecule has 0 bridgehead atoms. The molecule has 2 nitrogen and oxygen atoms in total. The fraction of sp³-hybridized carbons (Fsp3) is 0.0625. The number of fused-ring (bicyclic) bond motifs is 18. The van der Waals surface area contributed by atoms with Crippen molar-refractivity contribution in [2.45, 2.75) is 24.7 Å². The van der Waals surface area contributed by atoms with Gasteiger partial charge in [0.25, 0.3) is 0 Å². The van der Waals surface area contributed by atoms with Crippen molar-refractivity contribution in [3.63, 3.8) is 0 Å². The number of hydrogen-bond donors (Lipinski definition) is 0. The van der Waals surface area contributed by atoms with Gasteiger partial charge >= 0.3 is 0 Å². The molecular formula is C64H43NO. The molecule has 1 spiro atoms. The summed E-state index contributed by atoms with van der Waals surface area (Å²) in [5.41, 5.74) is 25.0. The average Bonchev–Trinajstić information content (AvgIpc) is 3.88. The normalized spacial score (nSPS) is 14.3. The van der Waals surface area contributed by atoms with Crippen LogP contribution in [0.3, 0.4) is 0 Å². The van der Waals surface area contributed by atoms with E-state index in [2.05, 4.69) is 243 Å². The van der Waals surface area contributed by atoms with Crippen LogP contribution in [0.2, 0.25) is 0 Å². The van der Waals surface area contributed by atoms with Gasteiger partial charge in [0.15, 0.2) is 0 Å². The maximum atomic E-state index is 7.33. The minimum atomic E-state index is -0.472. The molecule has 0 amide bonds. The maximum absolute atomic E-state index is 7.33. The van der Waals surface area contributed by atoms with E-state index in [1.165, 1.54) is 66.8 Å². The molecule has 1 heterocycles. The third kappa shape index (κ3) is 4.96. The van der Waals surface area contributed by atoms with Crippen molar-refractivity contribution < 1.29 is 4.74 Å². The van der Waals surface area contributed by atoms with Gasteiger partial charge in [-0.25, -0.2) is 0 Å². The fourth-order valence-electron chi connectivity index (χ4n) is 12.2. The maximum Gasteiger partial charge on any atom is 0.143 e. The van der Waals surface area contributed by atoms with E-state index >= 15 is 0 Å². The number of rotatable bonds is 4. The molecule has 1 aliphatic heterocycles. The van der Waals surface area contributed by atoms with Gasteiger partial charge in [-0.3, -0.25) is 0 Å². The monoisotopic (exact) mass is 841 g/mol. The molecule has 66 heavy (non-hydrogen) atoms. The zero-order chi connectivity index (χ0) is 43.7. The first kappa shape index (κ1) is 37.2. The van der Waals surface area contributed by atoms with E-state index in [4.69, 9.17) is 4.74 Å². The second-order valence-electron chi connectivity index (χ2n) is 18.7. The van der Waals surface area contributed by atoms with Gasteiger partial charge in [0, 0.05) is 45.2 Å². The number of hydrogen-bond acceptors (Lipinski definition) is 2. The lowest BCUT2D eigenvalue weighted by atomic mass is 9.70. The summed E-state index contributed by atoms with van der Waals surface area (Å²) in [6.45, 7) is 4.74. The van der Waals surface area contributed by atoms with Crippen molar-refractivity contribution in [1.82, 2.24) is 0 Å². The first-order chi connectivity index (χ1) is 32.5. The van der Waals surface area contributed by atoms with Crippen molar-refractivity contribution in [2.24, 2.45) is 0 Å². The Morgan fingerprint density at radius 3 is 1.32 bits per heavy atom. The average molecular weight is 842 g/mol. The van der Waals surface area contributed by atoms with E-state index in [1.807, 2.05) is 0 Å². The predicted octanol–water partition coefficient (Wildman–Crippen LogP) is 16.9. The topological polar surface area (TPSA) is 12.5 Å². The SMILES string of the molecule is CC1(C)c2ccccc2-c2ccc(N(c3ccc4c(c3)Oc3c(-c5ccccc5)cccc3-c3ccccc3-4)c3ccc4c(c3)C3(c5ccccc5-c5ccccc53)c3ccccc3-4)cc21. The third-order valence-corrected chi connectivity index (χ3v) is 15.1. The highest BCUT2D eigenvalue weighted by molar-refractivity contribution is 5.98. The molecule has 3 aliphatic carbocycles. The molecule has 0 aromatic heterocycles. The summed E-state index contributed by atoms with van der Waals surface area (Å²) >= 11 is 0. The summed E-state index contributed by atoms with van der Waals surface area (Å²) in [7, 11) is 0. The van der Waals surface area contributed by atoms with E-state index in [9.17, 15) is 0 Å². The molecule has 0 saturated heterocycles. The van der Waals surface area contributed by atoms with Crippen LogP contribution in [0.15, 0.2) is 224 Å². The Labute approximate surface area is 385 Å². The Hall–Kier alpha value is -8.20. The highest BCUT2D eigenvalue weighted by atomic mass is 16.5. The largest absolute Gasteiger partial charge is 0.455 e. The standard InChI is InChI=1S/C64H43NO/c1-63(2)55-27-12-8-21-47(55)51-34-31-41(37-59(51)63)65(43-33-36-53-45-19-6-7-20-46(45)54-26-16-25-44(40-17-4-3-5-18-40)62(54)66-61(53)39-43)42-32-35-52-50-24-11-15-30-58(50)64(60(52)38-42)56-28-13-9-22-48(56)49-23-10-14-29-57(49)64/h3-39H,1-2H3. The summed E-state index contributed by atoms with van der Waals surface area (Å²) in [5, 5.41) is 0. The van der Waals surface area contributed by atoms with E-state index in [0.717, 1.165) is 61.9 Å². The summed E-state index contributed by atoms with van der Waals surface area (Å²) in [5.74, 6) is 1.69. The van der Waals surface area contributed by atoms with Crippen molar-refractivity contribution in [1.29, 1.82) is 0 Å². The highest BCUT2D eigenvalue weighted by Crippen LogP contribution is 2.64. The molecule has 0 atom stereocenters. The van der Waals surface area contributed by atoms with Crippen LogP contribution in [0.1, 0.15) is 47.2 Å². The second kappa shape index (κ2) is 13.7. The zero-order valence-corrected chi connectivity index (χ0v) is 36.7. The predicted molar refractivity (Wildman–Crippen MR) is 271 cm³/mol. The van der Waals surface area contributed by atoms with Crippen molar-refractivity contribution in [3.8, 4) is 78.3 Å². The Morgan fingerprint density at radius 1 is 0.303 bits per heavy atom. The van der Waals surface area contributed by atoms with Crippen LogP contribution in [-0.2, 0) is 10.8 Å². The zero-order valence-electron chi connectivity index (χ0n) is 36.7. The summed E-state index contributed by atoms with van der Waals surface area (Å²) in [6.07, 6.45) is 0. The summed E-state index contributed by atoms with van der Waals surface area (Å²) in [4.78, 5) is 2.47. The molecule has 10 aromatic carbocycles. The molecule has 0 unspecified atom stereocenters. The molecule has 0 fully saturated rings. The van der Waals surface area contributed by atoms with E-state index < -0.39 is 5.41 Å². The molecule has 2 heteroatoms. The van der Waals surface area contributed by atoms with Gasteiger partial charge in [-0.05, 0) is 120 Å². The van der Waals surface area contributed by atoms with Gasteiger partial charge in [0.05, 0.1) is 5.41 Å². The molecule has 10 aromatic rings. The van der Waals surface area contributed by atoms with E-state index in [-0.39, 0.29) is 5.41 Å². The lowest BCUT2D eigenvalue weighted by Gasteiger charge is -2.32. The molecule has 4 aliphatic rings. The Balaban J connectivity index is 1.02.